The molecular formula is C15H21N3O2. The van der Waals surface area contributed by atoms with Gasteiger partial charge in [-0.05, 0) is 25.6 Å². The molecule has 2 rings (SSSR count). The van der Waals surface area contributed by atoms with Crippen LogP contribution in [-0.4, -0.2) is 41.0 Å². The number of hydrogen-bond acceptors (Lipinski definition) is 4. The quantitative estimate of drug-likeness (QED) is 0.782. The fourth-order valence-corrected chi connectivity index (χ4v) is 2.36. The number of nitrogens with zero attached hydrogens (tertiary/aromatic N) is 3. The molecule has 0 aliphatic heterocycles. The highest BCUT2D eigenvalue weighted by atomic mass is 16.5. The Bertz CT molecular complexity index is 606. The number of hydrogen-bond donors (Lipinski definition) is 0. The van der Waals surface area contributed by atoms with E-state index >= 15 is 0 Å². The molecule has 0 saturated heterocycles. The third-order valence-electron chi connectivity index (χ3n) is 3.35. The Hall–Kier alpha value is -1.88. The van der Waals surface area contributed by atoms with Crippen LogP contribution in [0.4, 0.5) is 0 Å². The van der Waals surface area contributed by atoms with Gasteiger partial charge in [0.15, 0.2) is 0 Å². The minimum absolute atomic E-state index is 0.135. The highest BCUT2D eigenvalue weighted by molar-refractivity contribution is 5.72. The molecule has 0 amide bonds. The van der Waals surface area contributed by atoms with Gasteiger partial charge in [0, 0.05) is 25.5 Å². The lowest BCUT2D eigenvalue weighted by atomic mass is 10.2. The Morgan fingerprint density at radius 2 is 2.30 bits per heavy atom. The topological polar surface area (TPSA) is 46.8 Å². The summed E-state index contributed by atoms with van der Waals surface area (Å²) >= 11 is 0. The molecule has 5 heteroatoms. The number of aromatic nitrogens is 2. The highest BCUT2D eigenvalue weighted by Crippen LogP contribution is 2.12. The smallest absolute Gasteiger partial charge is 0.309 e. The number of carbonyl (C=O) groups is 1. The van der Waals surface area contributed by atoms with Gasteiger partial charge in [0.05, 0.1) is 18.7 Å². The minimum atomic E-state index is -0.178. The van der Waals surface area contributed by atoms with Crippen LogP contribution in [0.25, 0.3) is 5.65 Å². The third kappa shape index (κ3) is 3.17. The SMILES string of the molecule is COC(=O)C(C)CN(C)Cc1cn2cccc(C)c2n1. The van der Waals surface area contributed by atoms with E-state index in [0.717, 1.165) is 16.9 Å². The van der Waals surface area contributed by atoms with Crippen LogP contribution in [-0.2, 0) is 16.1 Å². The van der Waals surface area contributed by atoms with Crippen LogP contribution in [0.3, 0.4) is 0 Å². The van der Waals surface area contributed by atoms with E-state index in [2.05, 4.69) is 22.9 Å². The van der Waals surface area contributed by atoms with Crippen LogP contribution < -0.4 is 0 Å². The van der Waals surface area contributed by atoms with Crippen molar-refractivity contribution in [2.45, 2.75) is 20.4 Å². The van der Waals surface area contributed by atoms with Gasteiger partial charge in [0.2, 0.25) is 0 Å². The van der Waals surface area contributed by atoms with Crippen molar-refractivity contribution in [1.82, 2.24) is 14.3 Å². The van der Waals surface area contributed by atoms with E-state index in [9.17, 15) is 4.79 Å². The third-order valence-corrected chi connectivity index (χ3v) is 3.35. The zero-order chi connectivity index (χ0) is 14.7. The summed E-state index contributed by atoms with van der Waals surface area (Å²) in [5, 5.41) is 0. The Morgan fingerprint density at radius 1 is 1.55 bits per heavy atom. The van der Waals surface area contributed by atoms with Gasteiger partial charge < -0.3 is 9.14 Å². The number of fused-ring (bicyclic) bond motifs is 1. The van der Waals surface area contributed by atoms with Crippen LogP contribution >= 0.6 is 0 Å². The molecule has 0 aliphatic carbocycles. The average Bonchev–Trinajstić information content (AvgIpc) is 2.81. The summed E-state index contributed by atoms with van der Waals surface area (Å²) in [6.45, 7) is 5.29. The molecule has 0 saturated carbocycles. The maximum Gasteiger partial charge on any atom is 0.309 e. The van der Waals surface area contributed by atoms with Crippen molar-refractivity contribution in [3.8, 4) is 0 Å². The largest absolute Gasteiger partial charge is 0.469 e. The zero-order valence-corrected chi connectivity index (χ0v) is 12.5. The lowest BCUT2D eigenvalue weighted by molar-refractivity contribution is -0.145. The van der Waals surface area contributed by atoms with Crippen LogP contribution in [0.15, 0.2) is 24.5 Å². The molecule has 2 heterocycles. The van der Waals surface area contributed by atoms with Gasteiger partial charge in [-0.25, -0.2) is 4.98 Å². The Labute approximate surface area is 119 Å². The Balaban J connectivity index is 2.04. The van der Waals surface area contributed by atoms with E-state index in [4.69, 9.17) is 4.74 Å². The number of ether oxygens (including phenoxy) is 1. The van der Waals surface area contributed by atoms with Crippen LogP contribution in [0.5, 0.6) is 0 Å². The first-order valence-corrected chi connectivity index (χ1v) is 6.71. The number of pyridine rings is 1. The molecule has 2 aromatic rings. The van der Waals surface area contributed by atoms with Crippen LogP contribution in [0, 0.1) is 12.8 Å². The van der Waals surface area contributed by atoms with Crippen molar-refractivity contribution in [3.63, 3.8) is 0 Å². The number of esters is 1. The molecule has 108 valence electrons. The van der Waals surface area contributed by atoms with Crippen molar-refractivity contribution in [2.24, 2.45) is 5.92 Å². The number of rotatable bonds is 5. The van der Waals surface area contributed by atoms with Crippen molar-refractivity contribution >= 4 is 11.6 Å². The van der Waals surface area contributed by atoms with E-state index in [-0.39, 0.29) is 11.9 Å². The normalized spacial score (nSPS) is 12.8. The summed E-state index contributed by atoms with van der Waals surface area (Å²) in [7, 11) is 3.40. The van der Waals surface area contributed by atoms with Crippen molar-refractivity contribution in [2.75, 3.05) is 20.7 Å². The van der Waals surface area contributed by atoms with Gasteiger partial charge in [-0.15, -0.1) is 0 Å². The Morgan fingerprint density at radius 3 is 2.95 bits per heavy atom. The molecule has 2 aromatic heterocycles. The molecule has 1 atom stereocenters. The van der Waals surface area contributed by atoms with Gasteiger partial charge >= 0.3 is 5.97 Å². The monoisotopic (exact) mass is 275 g/mol. The molecule has 0 fully saturated rings. The summed E-state index contributed by atoms with van der Waals surface area (Å²) in [6.07, 6.45) is 4.03. The van der Waals surface area contributed by atoms with Gasteiger partial charge in [-0.2, -0.15) is 0 Å². The second-order valence-electron chi connectivity index (χ2n) is 5.28. The van der Waals surface area contributed by atoms with Gasteiger partial charge in [0.25, 0.3) is 0 Å². The molecule has 0 aliphatic rings. The fraction of sp³-hybridized carbons (Fsp3) is 0.467. The van der Waals surface area contributed by atoms with E-state index in [1.54, 1.807) is 0 Å². The summed E-state index contributed by atoms with van der Waals surface area (Å²) < 4.78 is 6.77. The average molecular weight is 275 g/mol. The molecule has 0 aromatic carbocycles. The van der Waals surface area contributed by atoms with Crippen molar-refractivity contribution in [3.05, 3.63) is 35.8 Å². The molecule has 0 radical (unpaired) electrons. The van der Waals surface area contributed by atoms with Gasteiger partial charge in [-0.1, -0.05) is 13.0 Å². The second kappa shape index (κ2) is 6.05. The minimum Gasteiger partial charge on any atom is -0.469 e. The summed E-state index contributed by atoms with van der Waals surface area (Å²) in [5.41, 5.74) is 3.14. The summed E-state index contributed by atoms with van der Waals surface area (Å²) in [5.74, 6) is -0.313. The Kier molecular flexibility index (Phi) is 4.39. The zero-order valence-electron chi connectivity index (χ0n) is 12.5. The van der Waals surface area contributed by atoms with E-state index in [0.29, 0.717) is 13.1 Å². The maximum absolute atomic E-state index is 11.4. The predicted molar refractivity (Wildman–Crippen MR) is 77.4 cm³/mol. The van der Waals surface area contributed by atoms with Crippen LogP contribution in [0.1, 0.15) is 18.2 Å². The molecule has 0 bridgehead atoms. The van der Waals surface area contributed by atoms with Crippen LogP contribution in [0.2, 0.25) is 0 Å². The van der Waals surface area contributed by atoms with Gasteiger partial charge in [0.1, 0.15) is 5.65 Å². The first-order valence-electron chi connectivity index (χ1n) is 6.71. The lowest BCUT2D eigenvalue weighted by Crippen LogP contribution is -2.29. The standard InChI is InChI=1S/C15H21N3O2/c1-11-6-5-7-18-10-13(16-14(11)18)9-17(3)8-12(2)15(19)20-4/h5-7,10,12H,8-9H2,1-4H3. The lowest BCUT2D eigenvalue weighted by Gasteiger charge is -2.18. The highest BCUT2D eigenvalue weighted by Gasteiger charge is 2.16. The first kappa shape index (κ1) is 14.5. The number of carbonyl (C=O) groups excluding carboxylic acids is 1. The fourth-order valence-electron chi connectivity index (χ4n) is 2.36. The number of methoxy groups -OCH3 is 1. The molecule has 0 spiro atoms. The maximum atomic E-state index is 11.4. The first-order chi connectivity index (χ1) is 9.51. The van der Waals surface area contributed by atoms with Gasteiger partial charge in [-0.3, -0.25) is 9.69 Å². The van der Waals surface area contributed by atoms with E-state index in [1.807, 2.05) is 36.8 Å². The van der Waals surface area contributed by atoms with Crippen molar-refractivity contribution < 1.29 is 9.53 Å². The second-order valence-corrected chi connectivity index (χ2v) is 5.28. The van der Waals surface area contributed by atoms with E-state index in [1.165, 1.54) is 7.11 Å². The van der Waals surface area contributed by atoms with Crippen molar-refractivity contribution in [1.29, 1.82) is 0 Å². The molecular weight excluding hydrogens is 254 g/mol. The number of imidazole rings is 1. The number of aryl methyl sites for hydroxylation is 1. The van der Waals surface area contributed by atoms with E-state index < -0.39 is 0 Å². The molecule has 5 nitrogen and oxygen atoms in total. The molecule has 20 heavy (non-hydrogen) atoms. The summed E-state index contributed by atoms with van der Waals surface area (Å²) in [4.78, 5) is 18.1. The predicted octanol–water partition coefficient (Wildman–Crippen LogP) is 1.88. The molecule has 0 N–H and O–H groups in total. The summed E-state index contributed by atoms with van der Waals surface area (Å²) in [6, 6.07) is 4.06. The molecule has 1 unspecified atom stereocenters.